The minimum atomic E-state index is -0.290. The Morgan fingerprint density at radius 3 is 2.59 bits per heavy atom. The molecule has 0 bridgehead atoms. The van der Waals surface area contributed by atoms with Crippen molar-refractivity contribution in [3.8, 4) is 11.5 Å². The first kappa shape index (κ1) is 19.0. The average Bonchev–Trinajstić information content (AvgIpc) is 3.19. The number of aryl methyl sites for hydroxylation is 1. The molecule has 2 aromatic rings. The van der Waals surface area contributed by atoms with Crippen molar-refractivity contribution in [2.24, 2.45) is 0 Å². The molecule has 2 aromatic carbocycles. The molecule has 1 aliphatic rings. The van der Waals surface area contributed by atoms with E-state index in [4.69, 9.17) is 4.74 Å². The molecule has 1 fully saturated rings. The number of methoxy groups -OCH3 is 1. The van der Waals surface area contributed by atoms with Crippen LogP contribution < -0.4 is 4.74 Å². The van der Waals surface area contributed by atoms with Gasteiger partial charge in [0.25, 0.3) is 0 Å². The van der Waals surface area contributed by atoms with E-state index >= 15 is 0 Å². The third-order valence-corrected chi connectivity index (χ3v) is 4.85. The number of aromatic hydroxyl groups is 1. The lowest BCUT2D eigenvalue weighted by molar-refractivity contribution is -0.140. The molecule has 0 aliphatic heterocycles. The van der Waals surface area contributed by atoms with E-state index in [0.29, 0.717) is 17.7 Å². The fraction of sp³-hybridized carbons (Fsp3) is 0.364. The fourth-order valence-corrected chi connectivity index (χ4v) is 3.35. The Morgan fingerprint density at radius 2 is 1.89 bits per heavy atom. The van der Waals surface area contributed by atoms with Gasteiger partial charge in [-0.3, -0.25) is 9.59 Å². The molecule has 0 heterocycles. The van der Waals surface area contributed by atoms with Crippen LogP contribution >= 0.6 is 0 Å². The molecule has 0 unspecified atom stereocenters. The second-order valence-electron chi connectivity index (χ2n) is 6.81. The third kappa shape index (κ3) is 4.88. The summed E-state index contributed by atoms with van der Waals surface area (Å²) in [5.74, 6) is -0.0553. The summed E-state index contributed by atoms with van der Waals surface area (Å²) in [5.41, 5.74) is 1.57. The number of benzene rings is 2. The SMILES string of the molecule is COC(=O)CCc1cccc(C(=O)c2ccc(OC3CCCC3)cc2O)c1. The van der Waals surface area contributed by atoms with E-state index in [9.17, 15) is 14.7 Å². The quantitative estimate of drug-likeness (QED) is 0.590. The van der Waals surface area contributed by atoms with Crippen molar-refractivity contribution in [1.82, 2.24) is 0 Å². The summed E-state index contributed by atoms with van der Waals surface area (Å²) in [7, 11) is 1.35. The highest BCUT2D eigenvalue weighted by atomic mass is 16.5. The number of phenolic OH excluding ortho intramolecular Hbond substituents is 1. The van der Waals surface area contributed by atoms with Gasteiger partial charge in [-0.05, 0) is 55.9 Å². The fourth-order valence-electron chi connectivity index (χ4n) is 3.35. The van der Waals surface area contributed by atoms with Crippen LogP contribution in [0.5, 0.6) is 11.5 Å². The molecule has 0 spiro atoms. The van der Waals surface area contributed by atoms with Crippen LogP contribution in [0.25, 0.3) is 0 Å². The number of ketones is 1. The highest BCUT2D eigenvalue weighted by molar-refractivity contribution is 6.10. The van der Waals surface area contributed by atoms with Crippen LogP contribution in [0.2, 0.25) is 0 Å². The van der Waals surface area contributed by atoms with Gasteiger partial charge in [0.15, 0.2) is 5.78 Å². The van der Waals surface area contributed by atoms with E-state index in [1.807, 2.05) is 6.07 Å². The van der Waals surface area contributed by atoms with Crippen LogP contribution in [-0.2, 0) is 16.0 Å². The van der Waals surface area contributed by atoms with Crippen molar-refractivity contribution in [1.29, 1.82) is 0 Å². The summed E-state index contributed by atoms with van der Waals surface area (Å²) in [6, 6.07) is 11.9. The zero-order chi connectivity index (χ0) is 19.2. The minimum absolute atomic E-state index is 0.0875. The molecule has 27 heavy (non-hydrogen) atoms. The lowest BCUT2D eigenvalue weighted by Gasteiger charge is -2.14. The Hall–Kier alpha value is -2.82. The maximum atomic E-state index is 12.8. The molecule has 1 N–H and O–H groups in total. The molecule has 0 aromatic heterocycles. The van der Waals surface area contributed by atoms with E-state index in [2.05, 4.69) is 4.74 Å². The zero-order valence-electron chi connectivity index (χ0n) is 15.4. The molecule has 3 rings (SSSR count). The molecule has 1 saturated carbocycles. The lowest BCUT2D eigenvalue weighted by Crippen LogP contribution is -2.11. The summed E-state index contributed by atoms with van der Waals surface area (Å²) in [6.07, 6.45) is 5.33. The summed E-state index contributed by atoms with van der Waals surface area (Å²) in [6.45, 7) is 0. The van der Waals surface area contributed by atoms with Gasteiger partial charge < -0.3 is 14.6 Å². The number of esters is 1. The van der Waals surface area contributed by atoms with Gasteiger partial charge in [-0.15, -0.1) is 0 Å². The average molecular weight is 368 g/mol. The molecule has 142 valence electrons. The number of hydrogen-bond donors (Lipinski definition) is 1. The summed E-state index contributed by atoms with van der Waals surface area (Å²) in [5, 5.41) is 10.3. The number of hydrogen-bond acceptors (Lipinski definition) is 5. The van der Waals surface area contributed by atoms with E-state index < -0.39 is 0 Å². The third-order valence-electron chi connectivity index (χ3n) is 4.85. The highest BCUT2D eigenvalue weighted by Crippen LogP contribution is 2.29. The van der Waals surface area contributed by atoms with Gasteiger partial charge in [0.1, 0.15) is 11.5 Å². The molecule has 0 saturated heterocycles. The van der Waals surface area contributed by atoms with Crippen LogP contribution in [0, 0.1) is 0 Å². The van der Waals surface area contributed by atoms with Gasteiger partial charge in [-0.2, -0.15) is 0 Å². The number of rotatable bonds is 7. The highest BCUT2D eigenvalue weighted by Gasteiger charge is 2.19. The first-order valence-electron chi connectivity index (χ1n) is 9.27. The maximum Gasteiger partial charge on any atom is 0.305 e. The standard InChI is InChI=1S/C22H24O5/c1-26-21(24)12-9-15-5-4-6-16(13-15)22(25)19-11-10-18(14-20(19)23)27-17-7-2-3-8-17/h4-6,10-11,13-14,17,23H,2-3,7-9,12H2,1H3. The lowest BCUT2D eigenvalue weighted by atomic mass is 9.99. The summed E-state index contributed by atoms with van der Waals surface area (Å²) < 4.78 is 10.5. The smallest absolute Gasteiger partial charge is 0.305 e. The monoisotopic (exact) mass is 368 g/mol. The Labute approximate surface area is 158 Å². The van der Waals surface area contributed by atoms with Gasteiger partial charge in [0.05, 0.1) is 18.8 Å². The number of ether oxygens (including phenoxy) is 2. The molecular weight excluding hydrogens is 344 g/mol. The largest absolute Gasteiger partial charge is 0.507 e. The van der Waals surface area contributed by atoms with Gasteiger partial charge in [-0.25, -0.2) is 0 Å². The van der Waals surface area contributed by atoms with Crippen molar-refractivity contribution >= 4 is 11.8 Å². The first-order chi connectivity index (χ1) is 13.1. The molecule has 0 atom stereocenters. The predicted octanol–water partition coefficient (Wildman–Crippen LogP) is 4.05. The molecule has 1 aliphatic carbocycles. The Morgan fingerprint density at radius 1 is 1.11 bits per heavy atom. The van der Waals surface area contributed by atoms with Gasteiger partial charge in [0, 0.05) is 18.1 Å². The molecule has 5 nitrogen and oxygen atoms in total. The molecule has 0 amide bonds. The van der Waals surface area contributed by atoms with E-state index in [1.165, 1.54) is 26.0 Å². The Balaban J connectivity index is 1.72. The molecule has 0 radical (unpaired) electrons. The first-order valence-corrected chi connectivity index (χ1v) is 9.27. The number of carbonyl (C=O) groups excluding carboxylic acids is 2. The normalized spacial score (nSPS) is 14.1. The van der Waals surface area contributed by atoms with Crippen molar-refractivity contribution in [3.05, 3.63) is 59.2 Å². The summed E-state index contributed by atoms with van der Waals surface area (Å²) in [4.78, 5) is 24.1. The second kappa shape index (κ2) is 8.71. The minimum Gasteiger partial charge on any atom is -0.507 e. The van der Waals surface area contributed by atoms with Crippen LogP contribution in [0.4, 0.5) is 0 Å². The second-order valence-corrected chi connectivity index (χ2v) is 6.81. The van der Waals surface area contributed by atoms with Crippen LogP contribution in [0.15, 0.2) is 42.5 Å². The van der Waals surface area contributed by atoms with Crippen molar-refractivity contribution < 1.29 is 24.2 Å². The maximum absolute atomic E-state index is 12.8. The zero-order valence-corrected chi connectivity index (χ0v) is 15.4. The Kier molecular flexibility index (Phi) is 6.12. The van der Waals surface area contributed by atoms with Gasteiger partial charge in [0.2, 0.25) is 0 Å². The van der Waals surface area contributed by atoms with Crippen molar-refractivity contribution in [2.75, 3.05) is 7.11 Å². The van der Waals surface area contributed by atoms with Crippen LogP contribution in [0.3, 0.4) is 0 Å². The van der Waals surface area contributed by atoms with Crippen molar-refractivity contribution in [3.63, 3.8) is 0 Å². The number of carbonyl (C=O) groups is 2. The molecule has 5 heteroatoms. The van der Waals surface area contributed by atoms with Crippen LogP contribution in [-0.4, -0.2) is 30.1 Å². The van der Waals surface area contributed by atoms with E-state index in [0.717, 1.165) is 18.4 Å². The van der Waals surface area contributed by atoms with Gasteiger partial charge in [-0.1, -0.05) is 18.2 Å². The van der Waals surface area contributed by atoms with E-state index in [1.54, 1.807) is 30.3 Å². The predicted molar refractivity (Wildman–Crippen MR) is 101 cm³/mol. The van der Waals surface area contributed by atoms with Crippen molar-refractivity contribution in [2.45, 2.75) is 44.6 Å². The number of phenols is 1. The van der Waals surface area contributed by atoms with Gasteiger partial charge >= 0.3 is 5.97 Å². The topological polar surface area (TPSA) is 72.8 Å². The molecular formula is C22H24O5. The Bertz CT molecular complexity index is 821. The van der Waals surface area contributed by atoms with E-state index in [-0.39, 0.29) is 35.6 Å². The van der Waals surface area contributed by atoms with Crippen LogP contribution in [0.1, 0.15) is 53.6 Å². The summed E-state index contributed by atoms with van der Waals surface area (Å²) >= 11 is 0.